The van der Waals surface area contributed by atoms with Gasteiger partial charge in [0, 0.05) is 30.1 Å². The van der Waals surface area contributed by atoms with Crippen molar-refractivity contribution >= 4 is 17.5 Å². The van der Waals surface area contributed by atoms with Crippen LogP contribution in [0.3, 0.4) is 0 Å². The molecule has 4 rings (SSSR count). The number of anilines is 2. The van der Waals surface area contributed by atoms with Crippen LogP contribution in [-0.2, 0) is 17.8 Å². The van der Waals surface area contributed by atoms with Crippen molar-refractivity contribution in [2.45, 2.75) is 46.7 Å². The molecule has 35 heavy (non-hydrogen) atoms. The third kappa shape index (κ3) is 6.06. The number of benzene rings is 2. The predicted octanol–water partition coefficient (Wildman–Crippen LogP) is 5.43. The van der Waals surface area contributed by atoms with Crippen LogP contribution in [0, 0.1) is 27.7 Å². The molecule has 0 radical (unpaired) electrons. The maximum Gasteiger partial charge on any atom is 0.326 e. The quantitative estimate of drug-likeness (QED) is 0.261. The number of carboxylic acids is 1. The average molecular weight is 470 g/mol. The van der Waals surface area contributed by atoms with Crippen LogP contribution in [0.25, 0.3) is 11.3 Å². The van der Waals surface area contributed by atoms with Crippen molar-refractivity contribution in [3.8, 4) is 11.3 Å². The van der Waals surface area contributed by atoms with Gasteiger partial charge in [0.1, 0.15) is 17.7 Å². The monoisotopic (exact) mass is 469 g/mol. The largest absolute Gasteiger partial charge is 0.480 e. The topological polar surface area (TPSA) is 103 Å². The molecule has 4 aromatic rings. The zero-order chi connectivity index (χ0) is 24.9. The first-order valence-electron chi connectivity index (χ1n) is 11.7. The first-order valence-corrected chi connectivity index (χ1v) is 11.7. The van der Waals surface area contributed by atoms with Gasteiger partial charge in [0.25, 0.3) is 0 Å². The molecule has 7 heteroatoms. The van der Waals surface area contributed by atoms with E-state index in [1.54, 1.807) is 6.20 Å². The molecule has 0 fully saturated rings. The van der Waals surface area contributed by atoms with Gasteiger partial charge in [-0.2, -0.15) is 0 Å². The van der Waals surface area contributed by atoms with E-state index in [0.717, 1.165) is 56.4 Å². The molecule has 0 saturated heterocycles. The molecule has 0 aliphatic heterocycles. The molecule has 2 heterocycles. The van der Waals surface area contributed by atoms with Gasteiger partial charge in [-0.15, -0.1) is 0 Å². The Kier molecular flexibility index (Phi) is 7.15. The summed E-state index contributed by atoms with van der Waals surface area (Å²) in [6.07, 6.45) is 4.03. The van der Waals surface area contributed by atoms with E-state index in [9.17, 15) is 9.90 Å². The third-order valence-corrected chi connectivity index (χ3v) is 5.97. The molecule has 0 bridgehead atoms. The zero-order valence-electron chi connectivity index (χ0n) is 20.5. The summed E-state index contributed by atoms with van der Waals surface area (Å²) in [6, 6.07) is 15.2. The first kappa shape index (κ1) is 24.0. The number of nitrogens with one attached hydrogen (secondary N) is 3. The van der Waals surface area contributed by atoms with E-state index in [1.165, 1.54) is 0 Å². The van der Waals surface area contributed by atoms with E-state index in [4.69, 9.17) is 0 Å². The fourth-order valence-corrected chi connectivity index (χ4v) is 4.24. The number of nitrogens with zero attached hydrogens (tertiary/aromatic N) is 2. The molecular formula is C28H31N5O2. The molecular weight excluding hydrogens is 438 g/mol. The number of pyridine rings is 1. The van der Waals surface area contributed by atoms with Gasteiger partial charge in [-0.1, -0.05) is 42.0 Å². The molecule has 2 aromatic carbocycles. The fourth-order valence-electron chi connectivity index (χ4n) is 4.24. The molecule has 1 unspecified atom stereocenters. The highest BCUT2D eigenvalue weighted by Crippen LogP contribution is 2.24. The second kappa shape index (κ2) is 10.4. The van der Waals surface area contributed by atoms with E-state index >= 15 is 0 Å². The number of aliphatic carboxylic acids is 1. The standard InChI is InChI=1S/C28H31N5O2/c1-17-9-10-29-25(13-17)31-16-26-30-15-24(32-26)22-7-5-21(6-8-22)14-23(28(34)35)33-27-19(3)11-18(2)12-20(27)4/h5-13,15,23,33H,14,16H2,1-4H3,(H,29,31)(H,30,32)(H,34,35). The summed E-state index contributed by atoms with van der Waals surface area (Å²) in [4.78, 5) is 24.2. The van der Waals surface area contributed by atoms with Crippen LogP contribution >= 0.6 is 0 Å². The molecule has 0 aliphatic rings. The van der Waals surface area contributed by atoms with Crippen LogP contribution in [0.15, 0.2) is 60.9 Å². The molecule has 2 aromatic heterocycles. The highest BCUT2D eigenvalue weighted by atomic mass is 16.4. The fraction of sp³-hybridized carbons (Fsp3) is 0.250. The van der Waals surface area contributed by atoms with Gasteiger partial charge in [-0.05, 0) is 62.1 Å². The van der Waals surface area contributed by atoms with Crippen molar-refractivity contribution < 1.29 is 9.90 Å². The summed E-state index contributed by atoms with van der Waals surface area (Å²) in [5, 5.41) is 16.3. The molecule has 180 valence electrons. The third-order valence-electron chi connectivity index (χ3n) is 5.97. The normalized spacial score (nSPS) is 11.8. The Morgan fingerprint density at radius 1 is 1.00 bits per heavy atom. The number of carbonyl (C=O) groups is 1. The van der Waals surface area contributed by atoms with Crippen LogP contribution in [-0.4, -0.2) is 32.1 Å². The Labute approximate surface area is 205 Å². The van der Waals surface area contributed by atoms with Crippen molar-refractivity contribution in [2.75, 3.05) is 10.6 Å². The SMILES string of the molecule is Cc1ccnc(NCc2nc(-c3ccc(CC(Nc4c(C)cc(C)cc4C)C(=O)O)cc3)c[nH]2)c1. The second-order valence-electron chi connectivity index (χ2n) is 9.01. The molecule has 1 atom stereocenters. The van der Waals surface area contributed by atoms with Crippen molar-refractivity contribution in [3.63, 3.8) is 0 Å². The van der Waals surface area contributed by atoms with Crippen molar-refractivity contribution in [2.24, 2.45) is 0 Å². The zero-order valence-corrected chi connectivity index (χ0v) is 20.5. The van der Waals surface area contributed by atoms with Crippen LogP contribution in [0.1, 0.15) is 33.6 Å². The van der Waals surface area contributed by atoms with Gasteiger partial charge in [0.15, 0.2) is 0 Å². The smallest absolute Gasteiger partial charge is 0.326 e. The number of hydrogen-bond acceptors (Lipinski definition) is 5. The average Bonchev–Trinajstić information content (AvgIpc) is 3.28. The minimum atomic E-state index is -0.874. The highest BCUT2D eigenvalue weighted by Gasteiger charge is 2.20. The number of hydrogen-bond donors (Lipinski definition) is 4. The van der Waals surface area contributed by atoms with Crippen molar-refractivity contribution in [3.05, 3.63) is 94.6 Å². The van der Waals surface area contributed by atoms with Gasteiger partial charge in [0.05, 0.1) is 12.2 Å². The lowest BCUT2D eigenvalue weighted by Gasteiger charge is -2.20. The lowest BCUT2D eigenvalue weighted by molar-refractivity contribution is -0.137. The predicted molar refractivity (Wildman–Crippen MR) is 140 cm³/mol. The molecule has 4 N–H and O–H groups in total. The second-order valence-corrected chi connectivity index (χ2v) is 9.01. The van der Waals surface area contributed by atoms with Crippen LogP contribution in [0.5, 0.6) is 0 Å². The van der Waals surface area contributed by atoms with E-state index in [-0.39, 0.29) is 0 Å². The maximum absolute atomic E-state index is 12.0. The number of aryl methyl sites for hydroxylation is 4. The summed E-state index contributed by atoms with van der Waals surface area (Å²) in [5.41, 5.74) is 8.04. The summed E-state index contributed by atoms with van der Waals surface area (Å²) in [7, 11) is 0. The summed E-state index contributed by atoms with van der Waals surface area (Å²) >= 11 is 0. The number of rotatable bonds is 9. The maximum atomic E-state index is 12.0. The number of aromatic nitrogens is 3. The molecule has 0 saturated carbocycles. The van der Waals surface area contributed by atoms with Gasteiger partial charge in [0.2, 0.25) is 0 Å². The molecule has 0 amide bonds. The Morgan fingerprint density at radius 2 is 1.71 bits per heavy atom. The van der Waals surface area contributed by atoms with Crippen molar-refractivity contribution in [1.82, 2.24) is 15.0 Å². The minimum Gasteiger partial charge on any atom is -0.480 e. The van der Waals surface area contributed by atoms with E-state index < -0.39 is 12.0 Å². The van der Waals surface area contributed by atoms with E-state index in [0.29, 0.717) is 13.0 Å². The number of H-pyrrole nitrogens is 1. The number of imidazole rings is 1. The molecule has 7 nitrogen and oxygen atoms in total. The first-order chi connectivity index (χ1) is 16.8. The molecule has 0 spiro atoms. The van der Waals surface area contributed by atoms with E-state index in [1.807, 2.05) is 70.3 Å². The summed E-state index contributed by atoms with van der Waals surface area (Å²) < 4.78 is 0. The Hall–Kier alpha value is -4.13. The Bertz CT molecular complexity index is 1300. The van der Waals surface area contributed by atoms with Gasteiger partial charge < -0.3 is 20.7 Å². The van der Waals surface area contributed by atoms with Gasteiger partial charge >= 0.3 is 5.97 Å². The van der Waals surface area contributed by atoms with E-state index in [2.05, 4.69) is 37.7 Å². The van der Waals surface area contributed by atoms with Crippen LogP contribution in [0.2, 0.25) is 0 Å². The lowest BCUT2D eigenvalue weighted by Crippen LogP contribution is -2.32. The van der Waals surface area contributed by atoms with Crippen LogP contribution < -0.4 is 10.6 Å². The Balaban J connectivity index is 1.41. The summed E-state index contributed by atoms with van der Waals surface area (Å²) in [6.45, 7) is 8.61. The summed E-state index contributed by atoms with van der Waals surface area (Å²) in [5.74, 6) is 0.747. The number of aromatic amines is 1. The van der Waals surface area contributed by atoms with Crippen LogP contribution in [0.4, 0.5) is 11.5 Å². The van der Waals surface area contributed by atoms with Gasteiger partial charge in [-0.3, -0.25) is 0 Å². The van der Waals surface area contributed by atoms with Crippen molar-refractivity contribution in [1.29, 1.82) is 0 Å². The Morgan fingerprint density at radius 3 is 2.37 bits per heavy atom. The lowest BCUT2D eigenvalue weighted by atomic mass is 10.0. The minimum absolute atomic E-state index is 0.377. The highest BCUT2D eigenvalue weighted by molar-refractivity contribution is 5.79. The number of carboxylic acid groups (broad SMARTS) is 1. The molecule has 0 aliphatic carbocycles. The van der Waals surface area contributed by atoms with Gasteiger partial charge in [-0.25, -0.2) is 14.8 Å².